The van der Waals surface area contributed by atoms with E-state index in [2.05, 4.69) is 5.32 Å². The van der Waals surface area contributed by atoms with Crippen molar-refractivity contribution in [2.24, 2.45) is 0 Å². The number of hydrogen-bond acceptors (Lipinski definition) is 3. The maximum atomic E-state index is 13.1. The first-order valence-corrected chi connectivity index (χ1v) is 6.82. The SMILES string of the molecule is CCS(=O)CCNC(=O)c1cc(F)c(N)c(F)c1. The molecule has 0 bridgehead atoms. The van der Waals surface area contributed by atoms with E-state index in [-0.39, 0.29) is 12.1 Å². The van der Waals surface area contributed by atoms with Gasteiger partial charge in [0.2, 0.25) is 0 Å². The molecule has 7 heteroatoms. The van der Waals surface area contributed by atoms with Crippen LogP contribution < -0.4 is 11.1 Å². The summed E-state index contributed by atoms with van der Waals surface area (Å²) in [5.74, 6) is -1.76. The summed E-state index contributed by atoms with van der Waals surface area (Å²) >= 11 is 0. The van der Waals surface area contributed by atoms with Crippen LogP contribution in [0.4, 0.5) is 14.5 Å². The molecule has 0 fully saturated rings. The third-order valence-corrected chi connectivity index (χ3v) is 3.58. The van der Waals surface area contributed by atoms with Crippen LogP contribution in [0.25, 0.3) is 0 Å². The Morgan fingerprint density at radius 3 is 2.44 bits per heavy atom. The van der Waals surface area contributed by atoms with Crippen molar-refractivity contribution < 1.29 is 17.8 Å². The van der Waals surface area contributed by atoms with Crippen LogP contribution in [-0.2, 0) is 10.8 Å². The van der Waals surface area contributed by atoms with Crippen LogP contribution in [0, 0.1) is 11.6 Å². The summed E-state index contributed by atoms with van der Waals surface area (Å²) in [7, 11) is -0.995. The van der Waals surface area contributed by atoms with Gasteiger partial charge in [0.05, 0.1) is 0 Å². The number of nitrogen functional groups attached to an aromatic ring is 1. The molecule has 1 amide bonds. The Kier molecular flexibility index (Phi) is 5.21. The summed E-state index contributed by atoms with van der Waals surface area (Å²) in [5, 5.41) is 2.43. The second kappa shape index (κ2) is 6.44. The molecule has 0 heterocycles. The van der Waals surface area contributed by atoms with E-state index < -0.39 is 34.0 Å². The van der Waals surface area contributed by atoms with E-state index in [1.807, 2.05) is 0 Å². The number of carbonyl (C=O) groups is 1. The highest BCUT2D eigenvalue weighted by atomic mass is 32.2. The molecule has 1 rings (SSSR count). The monoisotopic (exact) mass is 276 g/mol. The summed E-state index contributed by atoms with van der Waals surface area (Å²) in [5.41, 5.74) is 4.32. The zero-order valence-electron chi connectivity index (χ0n) is 9.83. The Hall–Kier alpha value is -1.50. The lowest BCUT2D eigenvalue weighted by Gasteiger charge is -2.06. The Balaban J connectivity index is 2.65. The standard InChI is InChI=1S/C11H14F2N2O2S/c1-2-18(17)4-3-15-11(16)7-5-8(12)10(14)9(13)6-7/h5-6H,2-4,14H2,1H3,(H,15,16). The van der Waals surface area contributed by atoms with Crippen molar-refractivity contribution in [3.05, 3.63) is 29.3 Å². The number of rotatable bonds is 5. The lowest BCUT2D eigenvalue weighted by Crippen LogP contribution is -2.28. The summed E-state index contributed by atoms with van der Waals surface area (Å²) in [4.78, 5) is 11.5. The molecule has 1 atom stereocenters. The van der Waals surface area contributed by atoms with Crippen LogP contribution in [0.15, 0.2) is 12.1 Å². The molecule has 0 aliphatic carbocycles. The molecule has 0 spiro atoms. The first-order valence-electron chi connectivity index (χ1n) is 5.33. The quantitative estimate of drug-likeness (QED) is 0.789. The third-order valence-electron chi connectivity index (χ3n) is 2.28. The molecule has 0 aromatic heterocycles. The highest BCUT2D eigenvalue weighted by Crippen LogP contribution is 2.16. The third kappa shape index (κ3) is 3.76. The van der Waals surface area contributed by atoms with Gasteiger partial charge in [0.1, 0.15) is 17.3 Å². The van der Waals surface area contributed by atoms with Crippen molar-refractivity contribution in [1.29, 1.82) is 0 Å². The Bertz CT molecular complexity index is 457. The van der Waals surface area contributed by atoms with Crippen molar-refractivity contribution in [2.45, 2.75) is 6.92 Å². The number of anilines is 1. The topological polar surface area (TPSA) is 72.2 Å². The van der Waals surface area contributed by atoms with Gasteiger partial charge in [0.25, 0.3) is 5.91 Å². The summed E-state index contributed by atoms with van der Waals surface area (Å²) in [6.07, 6.45) is 0. The van der Waals surface area contributed by atoms with Crippen molar-refractivity contribution in [3.63, 3.8) is 0 Å². The zero-order valence-corrected chi connectivity index (χ0v) is 10.7. The van der Waals surface area contributed by atoms with Gasteiger partial charge in [-0.15, -0.1) is 0 Å². The second-order valence-corrected chi connectivity index (χ2v) is 5.41. The van der Waals surface area contributed by atoms with Crippen LogP contribution in [0.2, 0.25) is 0 Å². The number of hydrogen-bond donors (Lipinski definition) is 2. The van der Waals surface area contributed by atoms with E-state index in [0.29, 0.717) is 11.5 Å². The molecule has 0 saturated heterocycles. The van der Waals surface area contributed by atoms with E-state index in [1.165, 1.54) is 0 Å². The van der Waals surface area contributed by atoms with Gasteiger partial charge in [0.15, 0.2) is 0 Å². The minimum absolute atomic E-state index is 0.151. The van der Waals surface area contributed by atoms with E-state index in [4.69, 9.17) is 5.73 Å². The normalized spacial score (nSPS) is 12.2. The minimum Gasteiger partial charge on any atom is -0.394 e. The molecular formula is C11H14F2N2O2S. The molecule has 3 N–H and O–H groups in total. The van der Waals surface area contributed by atoms with Gasteiger partial charge in [-0.3, -0.25) is 9.00 Å². The number of nitrogens with one attached hydrogen (secondary N) is 1. The second-order valence-electron chi connectivity index (χ2n) is 3.54. The van der Waals surface area contributed by atoms with Gasteiger partial charge in [-0.25, -0.2) is 8.78 Å². The summed E-state index contributed by atoms with van der Waals surface area (Å²) in [6.45, 7) is 1.95. The summed E-state index contributed by atoms with van der Waals surface area (Å²) in [6, 6.07) is 1.73. The molecule has 0 radical (unpaired) electrons. The average Bonchev–Trinajstić information content (AvgIpc) is 2.34. The maximum absolute atomic E-state index is 13.1. The van der Waals surface area contributed by atoms with Crippen LogP contribution in [0.1, 0.15) is 17.3 Å². The highest BCUT2D eigenvalue weighted by molar-refractivity contribution is 7.84. The van der Waals surface area contributed by atoms with Crippen molar-refractivity contribution in [3.8, 4) is 0 Å². The minimum atomic E-state index is -0.995. The number of benzene rings is 1. The fourth-order valence-electron chi connectivity index (χ4n) is 1.24. The van der Waals surface area contributed by atoms with Gasteiger partial charge < -0.3 is 11.1 Å². The van der Waals surface area contributed by atoms with Crippen LogP contribution in [0.5, 0.6) is 0 Å². The fourth-order valence-corrected chi connectivity index (χ4v) is 1.86. The Morgan fingerprint density at radius 1 is 1.39 bits per heavy atom. The Morgan fingerprint density at radius 2 is 1.94 bits per heavy atom. The van der Waals surface area contributed by atoms with Crippen LogP contribution >= 0.6 is 0 Å². The fraction of sp³-hybridized carbons (Fsp3) is 0.364. The molecule has 18 heavy (non-hydrogen) atoms. The molecule has 100 valence electrons. The van der Waals surface area contributed by atoms with Gasteiger partial charge in [0, 0.05) is 34.4 Å². The van der Waals surface area contributed by atoms with Gasteiger partial charge >= 0.3 is 0 Å². The van der Waals surface area contributed by atoms with Gasteiger partial charge in [-0.2, -0.15) is 0 Å². The van der Waals surface area contributed by atoms with Crippen molar-refractivity contribution >= 4 is 22.4 Å². The number of amides is 1. The molecule has 0 aliphatic rings. The smallest absolute Gasteiger partial charge is 0.251 e. The zero-order chi connectivity index (χ0) is 13.7. The van der Waals surface area contributed by atoms with E-state index >= 15 is 0 Å². The Labute approximate surface area is 106 Å². The van der Waals surface area contributed by atoms with Crippen LogP contribution in [-0.4, -0.2) is 28.2 Å². The molecule has 1 aromatic rings. The molecule has 4 nitrogen and oxygen atoms in total. The lowest BCUT2D eigenvalue weighted by atomic mass is 10.2. The largest absolute Gasteiger partial charge is 0.394 e. The van der Waals surface area contributed by atoms with Crippen LogP contribution in [0.3, 0.4) is 0 Å². The first-order chi connectivity index (χ1) is 8.45. The number of halogens is 2. The maximum Gasteiger partial charge on any atom is 0.251 e. The summed E-state index contributed by atoms with van der Waals surface area (Å²) < 4.78 is 37.3. The molecule has 1 aromatic carbocycles. The number of carbonyl (C=O) groups excluding carboxylic acids is 1. The van der Waals surface area contributed by atoms with Crippen molar-refractivity contribution in [2.75, 3.05) is 23.8 Å². The molecule has 0 saturated carbocycles. The van der Waals surface area contributed by atoms with E-state index in [0.717, 1.165) is 12.1 Å². The van der Waals surface area contributed by atoms with E-state index in [1.54, 1.807) is 6.92 Å². The van der Waals surface area contributed by atoms with Gasteiger partial charge in [-0.05, 0) is 12.1 Å². The van der Waals surface area contributed by atoms with Gasteiger partial charge in [-0.1, -0.05) is 6.92 Å². The molecular weight excluding hydrogens is 262 g/mol. The molecule has 1 unspecified atom stereocenters. The van der Waals surface area contributed by atoms with E-state index in [9.17, 15) is 17.8 Å². The predicted octanol–water partition coefficient (Wildman–Crippen LogP) is 1.05. The molecule has 0 aliphatic heterocycles. The predicted molar refractivity (Wildman–Crippen MR) is 66.7 cm³/mol. The highest BCUT2D eigenvalue weighted by Gasteiger charge is 2.12. The lowest BCUT2D eigenvalue weighted by molar-refractivity contribution is 0.0955. The van der Waals surface area contributed by atoms with Crippen molar-refractivity contribution in [1.82, 2.24) is 5.32 Å². The average molecular weight is 276 g/mol. The first kappa shape index (κ1) is 14.6. The number of nitrogens with two attached hydrogens (primary N) is 1.